The lowest BCUT2D eigenvalue weighted by atomic mass is 10.1. The molecule has 0 spiro atoms. The van der Waals surface area contributed by atoms with Gasteiger partial charge in [0.2, 0.25) is 5.91 Å². The maximum Gasteiger partial charge on any atom is 0.246 e. The number of carbonyl (C=O) groups excluding carboxylic acids is 1. The van der Waals surface area contributed by atoms with E-state index in [2.05, 4.69) is 11.9 Å². The first-order chi connectivity index (χ1) is 14.2. The minimum absolute atomic E-state index is 0.0194. The van der Waals surface area contributed by atoms with E-state index >= 15 is 0 Å². The summed E-state index contributed by atoms with van der Waals surface area (Å²) in [6.45, 7) is 6.70. The van der Waals surface area contributed by atoms with Crippen LogP contribution in [0.2, 0.25) is 0 Å². The summed E-state index contributed by atoms with van der Waals surface area (Å²) in [5.41, 5.74) is 1.81. The van der Waals surface area contributed by atoms with Gasteiger partial charge in [0.05, 0.1) is 16.8 Å². The summed E-state index contributed by atoms with van der Waals surface area (Å²) in [6.07, 6.45) is 7.91. The summed E-state index contributed by atoms with van der Waals surface area (Å²) in [6, 6.07) is 7.76. The van der Waals surface area contributed by atoms with Crippen LogP contribution in [0, 0.1) is 6.92 Å². The molecule has 156 valence electrons. The Balaban J connectivity index is 1.63. The van der Waals surface area contributed by atoms with Crippen LogP contribution in [-0.2, 0) is 16.1 Å². The van der Waals surface area contributed by atoms with E-state index in [1.54, 1.807) is 17.4 Å². The topological polar surface area (TPSA) is 51.7 Å². The molecule has 0 saturated carbocycles. The predicted molar refractivity (Wildman–Crippen MR) is 117 cm³/mol. The summed E-state index contributed by atoms with van der Waals surface area (Å²) in [4.78, 5) is 19.1. The second-order valence-corrected chi connectivity index (χ2v) is 8.35. The molecule has 0 radical (unpaired) electrons. The molecule has 1 aliphatic rings. The Labute approximate surface area is 177 Å². The number of benzene rings is 1. The van der Waals surface area contributed by atoms with Crippen molar-refractivity contribution in [2.75, 3.05) is 19.7 Å². The van der Waals surface area contributed by atoms with Crippen LogP contribution in [0.15, 0.2) is 35.7 Å². The van der Waals surface area contributed by atoms with E-state index in [1.807, 2.05) is 47.5 Å². The third kappa shape index (κ3) is 6.68. The molecule has 1 atom stereocenters. The number of hydrogen-bond acceptors (Lipinski definition) is 5. The first-order valence-corrected chi connectivity index (χ1v) is 11.2. The number of aryl methyl sites for hydroxylation is 1. The molecule has 1 unspecified atom stereocenters. The van der Waals surface area contributed by atoms with Gasteiger partial charge in [-0.2, -0.15) is 0 Å². The highest BCUT2D eigenvalue weighted by Crippen LogP contribution is 2.22. The zero-order chi connectivity index (χ0) is 20.5. The third-order valence-electron chi connectivity index (χ3n) is 4.87. The minimum Gasteiger partial charge on any atom is -0.487 e. The van der Waals surface area contributed by atoms with Crippen LogP contribution in [0.4, 0.5) is 0 Å². The van der Waals surface area contributed by atoms with Crippen molar-refractivity contribution in [2.24, 2.45) is 0 Å². The fraction of sp³-hybridized carbons (Fsp3) is 0.478. The molecule has 1 aromatic heterocycles. The molecule has 5 nitrogen and oxygen atoms in total. The molecule has 1 aromatic carbocycles. The van der Waals surface area contributed by atoms with E-state index in [-0.39, 0.29) is 12.0 Å². The quantitative estimate of drug-likeness (QED) is 0.550. The van der Waals surface area contributed by atoms with Crippen molar-refractivity contribution in [1.29, 1.82) is 0 Å². The summed E-state index contributed by atoms with van der Waals surface area (Å²) in [5.74, 6) is 0.769. The van der Waals surface area contributed by atoms with Gasteiger partial charge in [-0.1, -0.05) is 25.1 Å². The van der Waals surface area contributed by atoms with Crippen LogP contribution in [0.1, 0.15) is 48.9 Å². The van der Waals surface area contributed by atoms with Gasteiger partial charge in [-0.05, 0) is 44.7 Å². The molecule has 1 aliphatic heterocycles. The maximum absolute atomic E-state index is 12.8. The SMILES string of the molecule is CCCN(CC1CCCCO1)C(=O)C=Cc1ccccc1OCc1csc(C)n1. The van der Waals surface area contributed by atoms with E-state index in [1.165, 1.54) is 6.42 Å². The number of nitrogens with zero attached hydrogens (tertiary/aromatic N) is 2. The van der Waals surface area contributed by atoms with E-state index < -0.39 is 0 Å². The highest BCUT2D eigenvalue weighted by molar-refractivity contribution is 7.09. The number of hydrogen-bond donors (Lipinski definition) is 0. The summed E-state index contributed by atoms with van der Waals surface area (Å²) >= 11 is 1.61. The summed E-state index contributed by atoms with van der Waals surface area (Å²) in [7, 11) is 0. The molecule has 0 N–H and O–H groups in total. The molecule has 0 bridgehead atoms. The highest BCUT2D eigenvalue weighted by Gasteiger charge is 2.19. The normalized spacial score (nSPS) is 16.8. The van der Waals surface area contributed by atoms with Crippen molar-refractivity contribution in [2.45, 2.75) is 52.2 Å². The molecular formula is C23H30N2O3S. The Hall–Kier alpha value is -2.18. The van der Waals surface area contributed by atoms with Crippen LogP contribution in [0.3, 0.4) is 0 Å². The fourth-order valence-electron chi connectivity index (χ4n) is 3.40. The molecule has 2 aromatic rings. The van der Waals surface area contributed by atoms with Crippen LogP contribution in [0.5, 0.6) is 5.75 Å². The van der Waals surface area contributed by atoms with Gasteiger partial charge in [-0.15, -0.1) is 11.3 Å². The second kappa shape index (κ2) is 11.1. The lowest BCUT2D eigenvalue weighted by Crippen LogP contribution is -2.39. The van der Waals surface area contributed by atoms with E-state index in [0.717, 1.165) is 54.4 Å². The van der Waals surface area contributed by atoms with E-state index in [4.69, 9.17) is 9.47 Å². The first kappa shape index (κ1) is 21.5. The standard InChI is InChI=1S/C23H30N2O3S/c1-3-13-25(15-21-9-6-7-14-27-21)23(26)12-11-19-8-4-5-10-22(19)28-16-20-17-29-18(2)24-20/h4-5,8,10-12,17,21H,3,6-7,9,13-16H2,1-2H3. The van der Waals surface area contributed by atoms with Gasteiger partial charge >= 0.3 is 0 Å². The Bertz CT molecular complexity index is 812. The van der Waals surface area contributed by atoms with Crippen molar-refractivity contribution in [3.05, 3.63) is 52.0 Å². The number of amides is 1. The highest BCUT2D eigenvalue weighted by atomic mass is 32.1. The molecule has 29 heavy (non-hydrogen) atoms. The molecule has 1 fully saturated rings. The van der Waals surface area contributed by atoms with Gasteiger partial charge in [-0.3, -0.25) is 4.79 Å². The van der Waals surface area contributed by atoms with E-state index in [9.17, 15) is 4.79 Å². The molecular weight excluding hydrogens is 384 g/mol. The third-order valence-corrected chi connectivity index (χ3v) is 5.69. The van der Waals surface area contributed by atoms with Crippen LogP contribution in [0.25, 0.3) is 6.08 Å². The summed E-state index contributed by atoms with van der Waals surface area (Å²) in [5, 5.41) is 3.04. The van der Waals surface area contributed by atoms with Gasteiger partial charge in [-0.25, -0.2) is 4.98 Å². The number of rotatable bonds is 9. The largest absolute Gasteiger partial charge is 0.487 e. The number of thiazole rings is 1. The lowest BCUT2D eigenvalue weighted by molar-refractivity contribution is -0.128. The lowest BCUT2D eigenvalue weighted by Gasteiger charge is -2.29. The van der Waals surface area contributed by atoms with Crippen LogP contribution in [-0.4, -0.2) is 41.6 Å². The zero-order valence-electron chi connectivity index (χ0n) is 17.3. The number of carbonyl (C=O) groups is 1. The van der Waals surface area contributed by atoms with Crippen molar-refractivity contribution in [3.8, 4) is 5.75 Å². The molecule has 2 heterocycles. The van der Waals surface area contributed by atoms with Crippen molar-refractivity contribution < 1.29 is 14.3 Å². The predicted octanol–water partition coefficient (Wildman–Crippen LogP) is 4.85. The van der Waals surface area contributed by atoms with Crippen LogP contribution >= 0.6 is 11.3 Å². The molecule has 6 heteroatoms. The van der Waals surface area contributed by atoms with Gasteiger partial charge < -0.3 is 14.4 Å². The van der Waals surface area contributed by atoms with Gasteiger partial charge in [0.1, 0.15) is 12.4 Å². The Kier molecular flexibility index (Phi) is 8.25. The summed E-state index contributed by atoms with van der Waals surface area (Å²) < 4.78 is 11.8. The number of para-hydroxylation sites is 1. The maximum atomic E-state index is 12.8. The molecule has 1 amide bonds. The van der Waals surface area contributed by atoms with Gasteiger partial charge in [0.15, 0.2) is 0 Å². The zero-order valence-corrected chi connectivity index (χ0v) is 18.1. The minimum atomic E-state index is 0.0194. The smallest absolute Gasteiger partial charge is 0.246 e. The Morgan fingerprint density at radius 3 is 2.97 bits per heavy atom. The van der Waals surface area contributed by atoms with Gasteiger partial charge in [0, 0.05) is 36.7 Å². The molecule has 0 aliphatic carbocycles. The number of aromatic nitrogens is 1. The monoisotopic (exact) mass is 414 g/mol. The first-order valence-electron chi connectivity index (χ1n) is 10.4. The van der Waals surface area contributed by atoms with Crippen molar-refractivity contribution in [3.63, 3.8) is 0 Å². The second-order valence-electron chi connectivity index (χ2n) is 7.29. The Morgan fingerprint density at radius 1 is 1.38 bits per heavy atom. The van der Waals surface area contributed by atoms with Crippen molar-refractivity contribution in [1.82, 2.24) is 9.88 Å². The number of ether oxygens (including phenoxy) is 2. The van der Waals surface area contributed by atoms with Crippen LogP contribution < -0.4 is 4.74 Å². The fourth-order valence-corrected chi connectivity index (χ4v) is 4.00. The van der Waals surface area contributed by atoms with Crippen molar-refractivity contribution >= 4 is 23.3 Å². The molecule has 3 rings (SSSR count). The van der Waals surface area contributed by atoms with E-state index in [0.29, 0.717) is 13.2 Å². The average molecular weight is 415 g/mol. The van der Waals surface area contributed by atoms with Gasteiger partial charge in [0.25, 0.3) is 0 Å². The Morgan fingerprint density at radius 2 is 2.24 bits per heavy atom. The average Bonchev–Trinajstić information content (AvgIpc) is 3.16. The molecule has 1 saturated heterocycles.